The summed E-state index contributed by atoms with van der Waals surface area (Å²) in [6, 6.07) is 12.6. The first-order chi connectivity index (χ1) is 14.5. The van der Waals surface area contributed by atoms with Gasteiger partial charge in [-0.25, -0.2) is 0 Å². The second-order valence-corrected chi connectivity index (χ2v) is 6.43. The van der Waals surface area contributed by atoms with Crippen LogP contribution in [-0.2, 0) is 4.79 Å². The molecule has 1 N–H and O–H groups in total. The van der Waals surface area contributed by atoms with E-state index in [-0.39, 0.29) is 12.5 Å². The first-order valence-corrected chi connectivity index (χ1v) is 9.50. The number of rotatable bonds is 11. The van der Waals surface area contributed by atoms with E-state index in [0.717, 1.165) is 5.75 Å². The molecule has 0 aliphatic heterocycles. The molecule has 0 aliphatic carbocycles. The van der Waals surface area contributed by atoms with Crippen LogP contribution >= 0.6 is 0 Å². The van der Waals surface area contributed by atoms with E-state index in [0.29, 0.717) is 42.4 Å². The van der Waals surface area contributed by atoms with Crippen molar-refractivity contribution < 1.29 is 28.5 Å². The van der Waals surface area contributed by atoms with Crippen molar-refractivity contribution in [1.82, 2.24) is 10.2 Å². The third-order valence-corrected chi connectivity index (χ3v) is 4.40. The van der Waals surface area contributed by atoms with Gasteiger partial charge in [-0.3, -0.25) is 9.59 Å². The van der Waals surface area contributed by atoms with Crippen LogP contribution in [0.25, 0.3) is 0 Å². The molecule has 0 atom stereocenters. The van der Waals surface area contributed by atoms with Crippen LogP contribution in [0.1, 0.15) is 16.8 Å². The maximum absolute atomic E-state index is 12.5. The Balaban J connectivity index is 1.82. The summed E-state index contributed by atoms with van der Waals surface area (Å²) in [4.78, 5) is 26.3. The molecule has 0 heterocycles. The minimum absolute atomic E-state index is 0.120. The minimum atomic E-state index is -0.414. The molecule has 0 aliphatic rings. The first-order valence-electron chi connectivity index (χ1n) is 9.50. The molecule has 2 rings (SSSR count). The molecule has 2 aromatic carbocycles. The van der Waals surface area contributed by atoms with Gasteiger partial charge in [-0.15, -0.1) is 0 Å². The van der Waals surface area contributed by atoms with Crippen LogP contribution in [0, 0.1) is 0 Å². The van der Waals surface area contributed by atoms with E-state index in [1.807, 2.05) is 30.3 Å². The molecule has 0 bridgehead atoms. The van der Waals surface area contributed by atoms with E-state index in [9.17, 15) is 9.59 Å². The van der Waals surface area contributed by atoms with Crippen molar-refractivity contribution in [2.75, 3.05) is 48.1 Å². The van der Waals surface area contributed by atoms with Gasteiger partial charge in [0.2, 0.25) is 11.7 Å². The molecule has 2 amide bonds. The topological polar surface area (TPSA) is 86.3 Å². The van der Waals surface area contributed by atoms with Crippen LogP contribution in [0.15, 0.2) is 42.5 Å². The summed E-state index contributed by atoms with van der Waals surface area (Å²) >= 11 is 0. The summed E-state index contributed by atoms with van der Waals surface area (Å²) in [7, 11) is 6.12. The highest BCUT2D eigenvalue weighted by Crippen LogP contribution is 2.38. The second kappa shape index (κ2) is 11.5. The maximum atomic E-state index is 12.5. The van der Waals surface area contributed by atoms with E-state index < -0.39 is 5.91 Å². The Kier molecular flexibility index (Phi) is 8.80. The molecule has 0 unspecified atom stereocenters. The number of para-hydroxylation sites is 1. The Labute approximate surface area is 176 Å². The van der Waals surface area contributed by atoms with Gasteiger partial charge in [-0.05, 0) is 30.7 Å². The van der Waals surface area contributed by atoms with Crippen LogP contribution in [-0.4, -0.2) is 64.8 Å². The van der Waals surface area contributed by atoms with Crippen LogP contribution in [0.2, 0.25) is 0 Å². The van der Waals surface area contributed by atoms with Gasteiger partial charge in [0.1, 0.15) is 5.75 Å². The quantitative estimate of drug-likeness (QED) is 0.566. The smallest absolute Gasteiger partial charge is 0.251 e. The van der Waals surface area contributed by atoms with E-state index in [1.165, 1.54) is 33.5 Å². The van der Waals surface area contributed by atoms with Crippen LogP contribution < -0.4 is 24.3 Å². The molecular formula is C22H28N2O6. The number of ether oxygens (including phenoxy) is 4. The lowest BCUT2D eigenvalue weighted by atomic mass is 10.1. The lowest BCUT2D eigenvalue weighted by Crippen LogP contribution is -2.38. The van der Waals surface area contributed by atoms with Gasteiger partial charge in [-0.2, -0.15) is 0 Å². The summed E-state index contributed by atoms with van der Waals surface area (Å²) in [5.74, 6) is 1.31. The predicted octanol–water partition coefficient (Wildman–Crippen LogP) is 2.37. The fourth-order valence-corrected chi connectivity index (χ4v) is 2.74. The standard InChI is InChI=1S/C22H28N2O6/c1-24(11-8-12-30-17-9-6-5-7-10-17)20(25)15-23-22(26)16-13-18(27-2)21(29-4)19(14-16)28-3/h5-7,9-10,13-14H,8,11-12,15H2,1-4H3,(H,23,26). The van der Waals surface area contributed by atoms with E-state index >= 15 is 0 Å². The molecule has 8 nitrogen and oxygen atoms in total. The highest BCUT2D eigenvalue weighted by atomic mass is 16.5. The third-order valence-electron chi connectivity index (χ3n) is 4.40. The van der Waals surface area contributed by atoms with Crippen molar-refractivity contribution in [2.45, 2.75) is 6.42 Å². The number of hydrogen-bond donors (Lipinski definition) is 1. The molecule has 0 radical (unpaired) electrons. The number of carbonyl (C=O) groups is 2. The average molecular weight is 416 g/mol. The predicted molar refractivity (Wildman–Crippen MR) is 113 cm³/mol. The van der Waals surface area contributed by atoms with E-state index in [2.05, 4.69) is 5.32 Å². The number of hydrogen-bond acceptors (Lipinski definition) is 6. The van der Waals surface area contributed by atoms with Gasteiger partial charge in [-0.1, -0.05) is 18.2 Å². The Morgan fingerprint density at radius 3 is 2.17 bits per heavy atom. The molecule has 0 saturated heterocycles. The third kappa shape index (κ3) is 6.30. The van der Waals surface area contributed by atoms with Gasteiger partial charge in [0.25, 0.3) is 5.91 Å². The van der Waals surface area contributed by atoms with Crippen LogP contribution in [0.5, 0.6) is 23.0 Å². The van der Waals surface area contributed by atoms with Crippen LogP contribution in [0.3, 0.4) is 0 Å². The van der Waals surface area contributed by atoms with Crippen molar-refractivity contribution in [3.8, 4) is 23.0 Å². The van der Waals surface area contributed by atoms with Crippen molar-refractivity contribution in [3.63, 3.8) is 0 Å². The van der Waals surface area contributed by atoms with Gasteiger partial charge in [0.05, 0.1) is 34.5 Å². The average Bonchev–Trinajstić information content (AvgIpc) is 2.79. The second-order valence-electron chi connectivity index (χ2n) is 6.43. The largest absolute Gasteiger partial charge is 0.494 e. The number of nitrogens with one attached hydrogen (secondary N) is 1. The lowest BCUT2D eigenvalue weighted by molar-refractivity contribution is -0.128. The molecule has 0 aromatic heterocycles. The number of methoxy groups -OCH3 is 3. The summed E-state index contributed by atoms with van der Waals surface area (Å²) in [6.07, 6.45) is 0.679. The molecule has 8 heteroatoms. The zero-order valence-electron chi connectivity index (χ0n) is 17.8. The van der Waals surface area contributed by atoms with Gasteiger partial charge >= 0.3 is 0 Å². The number of amides is 2. The molecule has 162 valence electrons. The highest BCUT2D eigenvalue weighted by Gasteiger charge is 2.18. The number of likely N-dealkylation sites (N-methyl/N-ethyl adjacent to an activating group) is 1. The molecule has 30 heavy (non-hydrogen) atoms. The number of nitrogens with zero attached hydrogens (tertiary/aromatic N) is 1. The normalized spacial score (nSPS) is 10.1. The summed E-state index contributed by atoms with van der Waals surface area (Å²) in [6.45, 7) is 0.899. The number of benzene rings is 2. The van der Waals surface area contributed by atoms with Crippen molar-refractivity contribution in [3.05, 3.63) is 48.0 Å². The van der Waals surface area contributed by atoms with Gasteiger partial charge in [0.15, 0.2) is 11.5 Å². The van der Waals surface area contributed by atoms with E-state index in [1.54, 1.807) is 11.9 Å². The zero-order valence-corrected chi connectivity index (χ0v) is 17.8. The minimum Gasteiger partial charge on any atom is -0.494 e. The Bertz CT molecular complexity index is 816. The fraction of sp³-hybridized carbons (Fsp3) is 0.364. The molecule has 0 saturated carbocycles. The van der Waals surface area contributed by atoms with Crippen molar-refractivity contribution in [2.24, 2.45) is 0 Å². The molecule has 0 spiro atoms. The summed E-state index contributed by atoms with van der Waals surface area (Å²) in [5.41, 5.74) is 0.302. The Morgan fingerprint density at radius 1 is 0.967 bits per heavy atom. The van der Waals surface area contributed by atoms with Gasteiger partial charge in [0, 0.05) is 19.2 Å². The summed E-state index contributed by atoms with van der Waals surface area (Å²) in [5, 5.41) is 2.62. The Morgan fingerprint density at radius 2 is 1.60 bits per heavy atom. The SMILES string of the molecule is COc1cc(C(=O)NCC(=O)N(C)CCCOc2ccccc2)cc(OC)c1OC. The van der Waals surface area contributed by atoms with Crippen molar-refractivity contribution >= 4 is 11.8 Å². The molecule has 0 fully saturated rings. The first kappa shape index (κ1) is 22.9. The van der Waals surface area contributed by atoms with Crippen molar-refractivity contribution in [1.29, 1.82) is 0 Å². The van der Waals surface area contributed by atoms with Crippen LogP contribution in [0.4, 0.5) is 0 Å². The summed E-state index contributed by atoms with van der Waals surface area (Å²) < 4.78 is 21.4. The molecular weight excluding hydrogens is 388 g/mol. The highest BCUT2D eigenvalue weighted by molar-refractivity contribution is 5.97. The Hall–Kier alpha value is -3.42. The van der Waals surface area contributed by atoms with E-state index in [4.69, 9.17) is 18.9 Å². The maximum Gasteiger partial charge on any atom is 0.251 e. The fourth-order valence-electron chi connectivity index (χ4n) is 2.74. The lowest BCUT2D eigenvalue weighted by Gasteiger charge is -2.18. The van der Waals surface area contributed by atoms with Gasteiger partial charge < -0.3 is 29.2 Å². The monoisotopic (exact) mass is 416 g/mol. The number of carbonyl (C=O) groups excluding carboxylic acids is 2. The zero-order chi connectivity index (χ0) is 21.9. The molecule has 2 aromatic rings.